The molecule has 1 aliphatic rings. The van der Waals surface area contributed by atoms with Crippen molar-refractivity contribution in [2.24, 2.45) is 0 Å². The van der Waals surface area contributed by atoms with Crippen LogP contribution in [0.15, 0.2) is 24.3 Å². The molecular weight excluding hydrogens is 342 g/mol. The highest BCUT2D eigenvalue weighted by atomic mass is 16.5. The van der Waals surface area contributed by atoms with Gasteiger partial charge in [-0.2, -0.15) is 0 Å². The van der Waals surface area contributed by atoms with E-state index in [1.807, 2.05) is 0 Å². The van der Waals surface area contributed by atoms with E-state index in [2.05, 4.69) is 10.6 Å². The number of carboxylic acids is 1. The fourth-order valence-electron chi connectivity index (χ4n) is 2.50. The smallest absolute Gasteiger partial charge is 0.326 e. The molecule has 0 unspecified atom stereocenters. The van der Waals surface area contributed by atoms with Crippen LogP contribution in [-0.2, 0) is 14.4 Å². The zero-order chi connectivity index (χ0) is 19.3. The van der Waals surface area contributed by atoms with Crippen LogP contribution in [0.4, 0.5) is 0 Å². The molecule has 0 spiro atoms. The van der Waals surface area contributed by atoms with Crippen LogP contribution in [0.2, 0.25) is 0 Å². The Balaban J connectivity index is 2.32. The minimum Gasteiger partial charge on any atom is -0.491 e. The summed E-state index contributed by atoms with van der Waals surface area (Å²) in [5.74, 6) is -2.72. The van der Waals surface area contributed by atoms with Gasteiger partial charge in [0.1, 0.15) is 24.4 Å². The number of nitrogens with one attached hydrogen (secondary N) is 2. The van der Waals surface area contributed by atoms with Crippen LogP contribution in [-0.4, -0.2) is 66.0 Å². The van der Waals surface area contributed by atoms with Crippen LogP contribution >= 0.6 is 0 Å². The molecule has 0 aromatic heterocycles. The molecule has 0 fully saturated rings. The molecule has 2 atom stereocenters. The molecule has 140 valence electrons. The van der Waals surface area contributed by atoms with E-state index in [9.17, 15) is 24.3 Å². The molecule has 0 radical (unpaired) electrons. The molecule has 1 heterocycles. The molecule has 2 rings (SSSR count). The lowest BCUT2D eigenvalue weighted by Crippen LogP contribution is -2.49. The number of aliphatic carboxylic acids is 1. The van der Waals surface area contributed by atoms with E-state index < -0.39 is 36.3 Å². The molecule has 3 N–H and O–H groups in total. The molecule has 3 amide bonds. The van der Waals surface area contributed by atoms with Gasteiger partial charge in [-0.3, -0.25) is 14.4 Å². The number of likely N-dealkylation sites (N-methyl/N-ethyl adjacent to an activating group) is 1. The number of benzene rings is 1. The van der Waals surface area contributed by atoms with Crippen molar-refractivity contribution >= 4 is 23.7 Å². The summed E-state index contributed by atoms with van der Waals surface area (Å²) in [7, 11) is 1.57. The topological polar surface area (TPSA) is 125 Å². The number of carbonyl (C=O) groups excluding carboxylic acids is 3. The standard InChI is InChI=1S/C17H21N3O6/c1-10-16(23)20(2)7-8-26-13-6-4-3-5-11(13)15(22)19-12(17(24)25)9-14(21)18-10/h3-6,10,12H,7-9H2,1-2H3,(H,18,21)(H,19,22)(H,24,25)/t10-,12-/m0/s1. The first-order valence-electron chi connectivity index (χ1n) is 8.09. The number of nitrogens with zero attached hydrogens (tertiary/aromatic N) is 1. The predicted molar refractivity (Wildman–Crippen MR) is 90.7 cm³/mol. The van der Waals surface area contributed by atoms with Gasteiger partial charge in [-0.1, -0.05) is 12.1 Å². The quantitative estimate of drug-likeness (QED) is 0.624. The Bertz CT molecular complexity index is 720. The van der Waals surface area contributed by atoms with Crippen LogP contribution in [0.3, 0.4) is 0 Å². The third-order valence-corrected chi connectivity index (χ3v) is 3.93. The first kappa shape index (κ1) is 19.2. The molecule has 0 bridgehead atoms. The maximum absolute atomic E-state index is 12.4. The largest absolute Gasteiger partial charge is 0.491 e. The van der Waals surface area contributed by atoms with Gasteiger partial charge in [-0.05, 0) is 19.1 Å². The predicted octanol–water partition coefficient (Wildman–Crippen LogP) is -0.385. The zero-order valence-electron chi connectivity index (χ0n) is 14.5. The van der Waals surface area contributed by atoms with Crippen LogP contribution in [0.25, 0.3) is 0 Å². The summed E-state index contributed by atoms with van der Waals surface area (Å²) >= 11 is 0. The van der Waals surface area contributed by atoms with Gasteiger partial charge < -0.3 is 25.4 Å². The van der Waals surface area contributed by atoms with Crippen molar-refractivity contribution in [3.8, 4) is 5.75 Å². The van der Waals surface area contributed by atoms with Gasteiger partial charge in [0, 0.05) is 7.05 Å². The number of para-hydroxylation sites is 1. The van der Waals surface area contributed by atoms with Gasteiger partial charge in [0.25, 0.3) is 5.91 Å². The van der Waals surface area contributed by atoms with E-state index in [1.165, 1.54) is 17.9 Å². The van der Waals surface area contributed by atoms with E-state index in [4.69, 9.17) is 4.74 Å². The van der Waals surface area contributed by atoms with Crippen LogP contribution < -0.4 is 15.4 Å². The Morgan fingerprint density at radius 3 is 2.62 bits per heavy atom. The first-order valence-corrected chi connectivity index (χ1v) is 8.09. The second-order valence-electron chi connectivity index (χ2n) is 5.96. The van der Waals surface area contributed by atoms with E-state index in [1.54, 1.807) is 25.2 Å². The van der Waals surface area contributed by atoms with Crippen LogP contribution in [0, 0.1) is 0 Å². The molecular formula is C17H21N3O6. The fourth-order valence-corrected chi connectivity index (χ4v) is 2.50. The third kappa shape index (κ3) is 4.71. The Kier molecular flexibility index (Phi) is 6.16. The van der Waals surface area contributed by atoms with Crippen molar-refractivity contribution in [3.63, 3.8) is 0 Å². The van der Waals surface area contributed by atoms with Crippen molar-refractivity contribution in [3.05, 3.63) is 29.8 Å². The van der Waals surface area contributed by atoms with E-state index in [0.29, 0.717) is 0 Å². The van der Waals surface area contributed by atoms with Gasteiger partial charge in [0.2, 0.25) is 11.8 Å². The monoisotopic (exact) mass is 363 g/mol. The number of ether oxygens (including phenoxy) is 1. The van der Waals surface area contributed by atoms with Gasteiger partial charge >= 0.3 is 5.97 Å². The summed E-state index contributed by atoms with van der Waals surface area (Å²) in [6, 6.07) is 4.10. The number of carbonyl (C=O) groups is 4. The van der Waals surface area contributed by atoms with Crippen LogP contribution in [0.5, 0.6) is 5.75 Å². The number of rotatable bonds is 1. The van der Waals surface area contributed by atoms with Crippen LogP contribution in [0.1, 0.15) is 23.7 Å². The van der Waals surface area contributed by atoms with Crippen molar-refractivity contribution in [2.45, 2.75) is 25.4 Å². The third-order valence-electron chi connectivity index (χ3n) is 3.93. The number of hydrogen-bond acceptors (Lipinski definition) is 5. The number of amides is 3. The lowest BCUT2D eigenvalue weighted by molar-refractivity contribution is -0.141. The average Bonchev–Trinajstić information content (AvgIpc) is 2.59. The normalized spacial score (nSPS) is 22.4. The summed E-state index contributed by atoms with van der Waals surface area (Å²) in [5.41, 5.74) is 0.151. The number of fused-ring (bicyclic) bond motifs is 1. The Morgan fingerprint density at radius 2 is 1.92 bits per heavy atom. The molecule has 1 aromatic carbocycles. The summed E-state index contributed by atoms with van der Waals surface area (Å²) < 4.78 is 5.58. The summed E-state index contributed by atoms with van der Waals surface area (Å²) in [5, 5.41) is 14.1. The molecule has 9 nitrogen and oxygen atoms in total. The first-order chi connectivity index (χ1) is 12.3. The van der Waals surface area contributed by atoms with Crippen molar-refractivity contribution in [1.29, 1.82) is 0 Å². The maximum atomic E-state index is 12.4. The minimum absolute atomic E-state index is 0.134. The molecule has 0 saturated heterocycles. The van der Waals surface area contributed by atoms with Gasteiger partial charge in [-0.25, -0.2) is 4.79 Å². The van der Waals surface area contributed by atoms with E-state index in [0.717, 1.165) is 0 Å². The number of carboxylic acid groups (broad SMARTS) is 1. The highest BCUT2D eigenvalue weighted by molar-refractivity contribution is 6.00. The molecule has 1 aliphatic heterocycles. The molecule has 26 heavy (non-hydrogen) atoms. The van der Waals surface area contributed by atoms with Gasteiger partial charge in [0.15, 0.2) is 0 Å². The lowest BCUT2D eigenvalue weighted by Gasteiger charge is -2.24. The molecule has 0 aliphatic carbocycles. The van der Waals surface area contributed by atoms with Gasteiger partial charge in [-0.15, -0.1) is 0 Å². The summed E-state index contributed by atoms with van der Waals surface area (Å²) in [4.78, 5) is 49.5. The zero-order valence-corrected chi connectivity index (χ0v) is 14.5. The number of hydrogen-bond donors (Lipinski definition) is 3. The summed E-state index contributed by atoms with van der Waals surface area (Å²) in [6.07, 6.45) is -0.495. The van der Waals surface area contributed by atoms with E-state index >= 15 is 0 Å². The van der Waals surface area contributed by atoms with Crippen molar-refractivity contribution in [1.82, 2.24) is 15.5 Å². The molecule has 0 saturated carbocycles. The Hall–Kier alpha value is -3.10. The Labute approximate surface area is 150 Å². The molecule has 9 heteroatoms. The molecule has 1 aromatic rings. The van der Waals surface area contributed by atoms with Crippen molar-refractivity contribution < 1.29 is 29.0 Å². The van der Waals surface area contributed by atoms with E-state index in [-0.39, 0.29) is 30.4 Å². The average molecular weight is 363 g/mol. The highest BCUT2D eigenvalue weighted by Crippen LogP contribution is 2.18. The maximum Gasteiger partial charge on any atom is 0.326 e. The summed E-state index contributed by atoms with van der Waals surface area (Å²) in [6.45, 7) is 1.90. The lowest BCUT2D eigenvalue weighted by atomic mass is 10.1. The highest BCUT2D eigenvalue weighted by Gasteiger charge is 2.27. The van der Waals surface area contributed by atoms with Gasteiger partial charge in [0.05, 0.1) is 18.5 Å². The second-order valence-corrected chi connectivity index (χ2v) is 5.96. The second kappa shape index (κ2) is 8.32. The Morgan fingerprint density at radius 1 is 1.23 bits per heavy atom. The SMILES string of the molecule is C[C@@H]1NC(=O)C[C@@H](C(=O)O)NC(=O)c2ccccc2OCCN(C)C1=O. The fraction of sp³-hybridized carbons (Fsp3) is 0.412. The minimum atomic E-state index is -1.43. The van der Waals surface area contributed by atoms with Crippen molar-refractivity contribution in [2.75, 3.05) is 20.2 Å².